The van der Waals surface area contributed by atoms with Gasteiger partial charge in [0.1, 0.15) is 18.8 Å². The quantitative estimate of drug-likeness (QED) is 0.737. The van der Waals surface area contributed by atoms with Gasteiger partial charge in [-0.15, -0.1) is 0 Å². The SMILES string of the molecule is CC(Oc1ccccc1)C(=O)NCC[NH+]1CCOCC1. The smallest absolute Gasteiger partial charge is 0.260 e. The van der Waals surface area contributed by atoms with Crippen molar-refractivity contribution in [3.63, 3.8) is 0 Å². The van der Waals surface area contributed by atoms with Crippen LogP contribution in [0.4, 0.5) is 0 Å². The van der Waals surface area contributed by atoms with E-state index in [9.17, 15) is 4.79 Å². The van der Waals surface area contributed by atoms with Gasteiger partial charge in [-0.05, 0) is 19.1 Å². The van der Waals surface area contributed by atoms with Crippen LogP contribution in [0.2, 0.25) is 0 Å². The van der Waals surface area contributed by atoms with Gasteiger partial charge >= 0.3 is 0 Å². The molecule has 0 spiro atoms. The monoisotopic (exact) mass is 279 g/mol. The van der Waals surface area contributed by atoms with E-state index < -0.39 is 6.10 Å². The fraction of sp³-hybridized carbons (Fsp3) is 0.533. The Morgan fingerprint density at radius 1 is 1.35 bits per heavy atom. The molecule has 2 N–H and O–H groups in total. The highest BCUT2D eigenvalue weighted by molar-refractivity contribution is 5.80. The molecule has 1 saturated heterocycles. The second kappa shape index (κ2) is 7.87. The number of para-hydroxylation sites is 1. The minimum absolute atomic E-state index is 0.0680. The van der Waals surface area contributed by atoms with Gasteiger partial charge in [-0.3, -0.25) is 4.79 Å². The zero-order chi connectivity index (χ0) is 14.2. The van der Waals surface area contributed by atoms with Crippen molar-refractivity contribution in [1.29, 1.82) is 0 Å². The van der Waals surface area contributed by atoms with Gasteiger partial charge in [-0.25, -0.2) is 0 Å². The summed E-state index contributed by atoms with van der Waals surface area (Å²) in [6.45, 7) is 7.05. The first kappa shape index (κ1) is 14.8. The number of nitrogens with one attached hydrogen (secondary N) is 2. The van der Waals surface area contributed by atoms with E-state index in [-0.39, 0.29) is 5.91 Å². The van der Waals surface area contributed by atoms with Crippen LogP contribution in [0.5, 0.6) is 5.75 Å². The van der Waals surface area contributed by atoms with Crippen molar-refractivity contribution < 1.29 is 19.2 Å². The molecule has 1 atom stereocenters. The van der Waals surface area contributed by atoms with Crippen LogP contribution in [0.3, 0.4) is 0 Å². The summed E-state index contributed by atoms with van der Waals surface area (Å²) in [6, 6.07) is 9.40. The Morgan fingerprint density at radius 2 is 2.05 bits per heavy atom. The van der Waals surface area contributed by atoms with E-state index >= 15 is 0 Å². The van der Waals surface area contributed by atoms with Gasteiger partial charge < -0.3 is 19.7 Å². The number of rotatable bonds is 6. The zero-order valence-electron chi connectivity index (χ0n) is 11.9. The van der Waals surface area contributed by atoms with Crippen LogP contribution in [0, 0.1) is 0 Å². The van der Waals surface area contributed by atoms with E-state index in [1.54, 1.807) is 6.92 Å². The lowest BCUT2D eigenvalue weighted by atomic mass is 10.3. The first-order valence-corrected chi connectivity index (χ1v) is 7.16. The first-order valence-electron chi connectivity index (χ1n) is 7.16. The molecule has 0 aromatic heterocycles. The van der Waals surface area contributed by atoms with E-state index in [1.165, 1.54) is 4.90 Å². The predicted octanol–water partition coefficient (Wildman–Crippen LogP) is -0.515. The Bertz CT molecular complexity index is 405. The molecule has 0 saturated carbocycles. The van der Waals surface area contributed by atoms with Gasteiger partial charge in [-0.2, -0.15) is 0 Å². The highest BCUT2D eigenvalue weighted by Gasteiger charge is 2.16. The van der Waals surface area contributed by atoms with E-state index in [1.807, 2.05) is 30.3 Å². The number of benzene rings is 1. The molecule has 1 aromatic rings. The lowest BCUT2D eigenvalue weighted by Gasteiger charge is -2.24. The number of hydrogen-bond donors (Lipinski definition) is 2. The molecular formula is C15H23N2O3+. The van der Waals surface area contributed by atoms with Crippen molar-refractivity contribution in [2.75, 3.05) is 39.4 Å². The van der Waals surface area contributed by atoms with Crippen LogP contribution in [-0.4, -0.2) is 51.4 Å². The average Bonchev–Trinajstić information content (AvgIpc) is 2.49. The van der Waals surface area contributed by atoms with Crippen LogP contribution in [-0.2, 0) is 9.53 Å². The summed E-state index contributed by atoms with van der Waals surface area (Å²) in [5.74, 6) is 0.649. The highest BCUT2D eigenvalue weighted by Crippen LogP contribution is 2.10. The summed E-state index contributed by atoms with van der Waals surface area (Å²) in [5.41, 5.74) is 0. The lowest BCUT2D eigenvalue weighted by Crippen LogP contribution is -3.14. The highest BCUT2D eigenvalue weighted by atomic mass is 16.5. The number of hydrogen-bond acceptors (Lipinski definition) is 3. The summed E-state index contributed by atoms with van der Waals surface area (Å²) in [5, 5.41) is 2.92. The molecule has 0 bridgehead atoms. The minimum Gasteiger partial charge on any atom is -0.481 e. The Labute approximate surface area is 119 Å². The van der Waals surface area contributed by atoms with Crippen molar-refractivity contribution in [1.82, 2.24) is 5.32 Å². The van der Waals surface area contributed by atoms with Gasteiger partial charge in [0.15, 0.2) is 6.10 Å². The van der Waals surface area contributed by atoms with Crippen LogP contribution >= 0.6 is 0 Å². The van der Waals surface area contributed by atoms with E-state index in [0.29, 0.717) is 12.3 Å². The second-order valence-corrected chi connectivity index (χ2v) is 4.98. The van der Waals surface area contributed by atoms with Gasteiger partial charge in [0.2, 0.25) is 0 Å². The molecule has 1 fully saturated rings. The molecule has 2 rings (SSSR count). The Hall–Kier alpha value is -1.59. The fourth-order valence-electron chi connectivity index (χ4n) is 2.17. The molecule has 5 nitrogen and oxygen atoms in total. The molecular weight excluding hydrogens is 256 g/mol. The topological polar surface area (TPSA) is 52.0 Å². The third-order valence-electron chi connectivity index (χ3n) is 3.40. The number of ether oxygens (including phenoxy) is 2. The van der Waals surface area contributed by atoms with Crippen LogP contribution < -0.4 is 15.0 Å². The lowest BCUT2D eigenvalue weighted by molar-refractivity contribution is -0.906. The Morgan fingerprint density at radius 3 is 2.75 bits per heavy atom. The standard InChI is InChI=1S/C15H22N2O3/c1-13(20-14-5-3-2-4-6-14)15(18)16-7-8-17-9-11-19-12-10-17/h2-6,13H,7-12H2,1H3,(H,16,18)/p+1. The van der Waals surface area contributed by atoms with E-state index in [4.69, 9.17) is 9.47 Å². The van der Waals surface area contributed by atoms with Gasteiger partial charge in [0.05, 0.1) is 26.3 Å². The van der Waals surface area contributed by atoms with E-state index in [0.717, 1.165) is 32.8 Å². The van der Waals surface area contributed by atoms with Crippen molar-refractivity contribution >= 4 is 5.91 Å². The molecule has 1 unspecified atom stereocenters. The fourth-order valence-corrected chi connectivity index (χ4v) is 2.17. The van der Waals surface area contributed by atoms with Crippen LogP contribution in [0.15, 0.2) is 30.3 Å². The predicted molar refractivity (Wildman–Crippen MR) is 75.9 cm³/mol. The van der Waals surface area contributed by atoms with Crippen LogP contribution in [0.25, 0.3) is 0 Å². The summed E-state index contributed by atoms with van der Waals surface area (Å²) in [6.07, 6.45) is -0.475. The van der Waals surface area contributed by atoms with Crippen molar-refractivity contribution in [2.45, 2.75) is 13.0 Å². The number of carbonyl (C=O) groups is 1. The molecule has 1 amide bonds. The van der Waals surface area contributed by atoms with Gasteiger partial charge in [0, 0.05) is 0 Å². The Balaban J connectivity index is 1.66. The van der Waals surface area contributed by atoms with Crippen molar-refractivity contribution in [2.24, 2.45) is 0 Å². The second-order valence-electron chi connectivity index (χ2n) is 4.98. The minimum atomic E-state index is -0.475. The molecule has 1 heterocycles. The molecule has 110 valence electrons. The first-order chi connectivity index (χ1) is 9.75. The maximum Gasteiger partial charge on any atom is 0.260 e. The summed E-state index contributed by atoms with van der Waals surface area (Å²) in [4.78, 5) is 13.4. The Kier molecular flexibility index (Phi) is 5.83. The number of quaternary nitrogens is 1. The normalized spacial score (nSPS) is 17.4. The number of morpholine rings is 1. The number of carbonyl (C=O) groups excluding carboxylic acids is 1. The molecule has 0 radical (unpaired) electrons. The van der Waals surface area contributed by atoms with Gasteiger partial charge in [0.25, 0.3) is 5.91 Å². The maximum atomic E-state index is 11.9. The number of amides is 1. The van der Waals surface area contributed by atoms with Crippen LogP contribution in [0.1, 0.15) is 6.92 Å². The van der Waals surface area contributed by atoms with Gasteiger partial charge in [-0.1, -0.05) is 18.2 Å². The molecule has 5 heteroatoms. The average molecular weight is 279 g/mol. The third-order valence-corrected chi connectivity index (χ3v) is 3.40. The zero-order valence-corrected chi connectivity index (χ0v) is 11.9. The van der Waals surface area contributed by atoms with Crippen molar-refractivity contribution in [3.05, 3.63) is 30.3 Å². The molecule has 1 aliphatic heterocycles. The molecule has 1 aliphatic rings. The van der Waals surface area contributed by atoms with E-state index in [2.05, 4.69) is 5.32 Å². The maximum absolute atomic E-state index is 11.9. The largest absolute Gasteiger partial charge is 0.481 e. The summed E-state index contributed by atoms with van der Waals surface area (Å²) >= 11 is 0. The third kappa shape index (κ3) is 4.83. The summed E-state index contributed by atoms with van der Waals surface area (Å²) in [7, 11) is 0. The summed E-state index contributed by atoms with van der Waals surface area (Å²) < 4.78 is 10.9. The molecule has 0 aliphatic carbocycles. The van der Waals surface area contributed by atoms with Crippen molar-refractivity contribution in [3.8, 4) is 5.75 Å². The molecule has 1 aromatic carbocycles. The molecule has 20 heavy (non-hydrogen) atoms.